The van der Waals surface area contributed by atoms with Crippen LogP contribution in [0.15, 0.2) is 24.3 Å². The zero-order chi connectivity index (χ0) is 14.4. The lowest BCUT2D eigenvalue weighted by Gasteiger charge is -2.16. The largest absolute Gasteiger partial charge is 0.481 e. The van der Waals surface area contributed by atoms with E-state index in [0.717, 1.165) is 42.8 Å². The number of benzene rings is 1. The topological polar surface area (TPSA) is 50.2 Å². The molecular weight excluding hydrogens is 282 g/mol. The number of hydrogen-bond donors (Lipinski definition) is 1. The van der Waals surface area contributed by atoms with E-state index < -0.39 is 11.9 Å². The van der Waals surface area contributed by atoms with E-state index in [1.807, 2.05) is 0 Å². The second-order valence-corrected chi connectivity index (χ2v) is 7.05. The van der Waals surface area contributed by atoms with Crippen LogP contribution in [0.2, 0.25) is 0 Å². The average molecular weight is 299 g/mol. The first kappa shape index (κ1) is 13.0. The molecule has 0 spiro atoms. The van der Waals surface area contributed by atoms with Gasteiger partial charge in [0.2, 0.25) is 0 Å². The van der Waals surface area contributed by atoms with Crippen LogP contribution in [0.3, 0.4) is 0 Å². The summed E-state index contributed by atoms with van der Waals surface area (Å²) < 4.78 is 0. The monoisotopic (exact) mass is 299 g/mol. The Labute approximate surface area is 127 Å². The molecule has 0 amide bonds. The molecule has 0 bridgehead atoms. The molecule has 2 aliphatic rings. The molecule has 1 aromatic heterocycles. The first-order valence-corrected chi connectivity index (χ1v) is 8.36. The number of thiazole rings is 1. The summed E-state index contributed by atoms with van der Waals surface area (Å²) in [5, 5.41) is 10.5. The molecule has 2 unspecified atom stereocenters. The maximum absolute atomic E-state index is 11.4. The van der Waals surface area contributed by atoms with Crippen molar-refractivity contribution in [2.24, 2.45) is 0 Å². The molecule has 0 fully saturated rings. The highest BCUT2D eigenvalue weighted by molar-refractivity contribution is 7.11. The van der Waals surface area contributed by atoms with Gasteiger partial charge in [0.1, 0.15) is 5.01 Å². The number of aliphatic carboxylic acids is 1. The molecule has 108 valence electrons. The van der Waals surface area contributed by atoms with Crippen molar-refractivity contribution in [2.45, 2.75) is 43.9 Å². The minimum Gasteiger partial charge on any atom is -0.481 e. The smallest absolute Gasteiger partial charge is 0.312 e. The standard InChI is InChI=1S/C17H17NO2S/c19-17(20)13-6-3-7-14-15(13)18-16(21-14)12-9-8-10-4-1-2-5-11(10)12/h1-2,4-5,12-13H,3,6-9H2,(H,19,20). The van der Waals surface area contributed by atoms with E-state index >= 15 is 0 Å². The Morgan fingerprint density at radius 3 is 2.95 bits per heavy atom. The lowest BCUT2D eigenvalue weighted by atomic mass is 9.91. The number of carboxylic acid groups (broad SMARTS) is 1. The predicted molar refractivity (Wildman–Crippen MR) is 82.0 cm³/mol. The predicted octanol–water partition coefficient (Wildman–Crippen LogP) is 3.73. The molecular formula is C17H17NO2S. The maximum atomic E-state index is 11.4. The zero-order valence-corrected chi connectivity index (χ0v) is 12.5. The lowest BCUT2D eigenvalue weighted by molar-refractivity contribution is -0.139. The van der Waals surface area contributed by atoms with Gasteiger partial charge in [-0.15, -0.1) is 11.3 Å². The van der Waals surface area contributed by atoms with Gasteiger partial charge in [0.25, 0.3) is 0 Å². The average Bonchev–Trinajstić information content (AvgIpc) is 3.09. The van der Waals surface area contributed by atoms with Gasteiger partial charge in [0.15, 0.2) is 0 Å². The van der Waals surface area contributed by atoms with Crippen LogP contribution in [0.5, 0.6) is 0 Å². The third-order valence-electron chi connectivity index (χ3n) is 4.70. The molecule has 3 nitrogen and oxygen atoms in total. The maximum Gasteiger partial charge on any atom is 0.312 e. The molecule has 1 heterocycles. The molecule has 0 aliphatic heterocycles. The Kier molecular flexibility index (Phi) is 3.07. The van der Waals surface area contributed by atoms with Crippen LogP contribution in [0.1, 0.15) is 57.8 Å². The SMILES string of the molecule is O=C(O)C1CCCc2sc(C3CCc4ccccc43)nc21. The highest BCUT2D eigenvalue weighted by Crippen LogP contribution is 2.43. The van der Waals surface area contributed by atoms with Crippen molar-refractivity contribution in [2.75, 3.05) is 0 Å². The number of aryl methyl sites for hydroxylation is 2. The Morgan fingerprint density at radius 1 is 1.24 bits per heavy atom. The zero-order valence-electron chi connectivity index (χ0n) is 11.7. The minimum atomic E-state index is -0.723. The Hall–Kier alpha value is -1.68. The van der Waals surface area contributed by atoms with Crippen molar-refractivity contribution in [3.63, 3.8) is 0 Å². The van der Waals surface area contributed by atoms with Crippen molar-refractivity contribution in [1.82, 2.24) is 4.98 Å². The number of fused-ring (bicyclic) bond motifs is 2. The van der Waals surface area contributed by atoms with Crippen LogP contribution in [-0.4, -0.2) is 16.1 Å². The fourth-order valence-corrected chi connectivity index (χ4v) is 4.96. The van der Waals surface area contributed by atoms with Crippen molar-refractivity contribution in [3.05, 3.63) is 51.0 Å². The number of carbonyl (C=O) groups is 1. The third kappa shape index (κ3) is 2.09. The van der Waals surface area contributed by atoms with Crippen molar-refractivity contribution in [1.29, 1.82) is 0 Å². The Morgan fingerprint density at radius 2 is 2.10 bits per heavy atom. The van der Waals surface area contributed by atoms with Gasteiger partial charge < -0.3 is 5.11 Å². The molecule has 2 aromatic rings. The molecule has 0 saturated heterocycles. The van der Waals surface area contributed by atoms with Crippen LogP contribution in [0.25, 0.3) is 0 Å². The highest BCUT2D eigenvalue weighted by atomic mass is 32.1. The highest BCUT2D eigenvalue weighted by Gasteiger charge is 2.33. The summed E-state index contributed by atoms with van der Waals surface area (Å²) in [6, 6.07) is 8.57. The molecule has 0 radical (unpaired) electrons. The fourth-order valence-electron chi connectivity index (χ4n) is 3.64. The van der Waals surface area contributed by atoms with Crippen molar-refractivity contribution < 1.29 is 9.90 Å². The fraction of sp³-hybridized carbons (Fsp3) is 0.412. The second-order valence-electron chi connectivity index (χ2n) is 5.93. The summed E-state index contributed by atoms with van der Waals surface area (Å²) in [6.45, 7) is 0. The van der Waals surface area contributed by atoms with Gasteiger partial charge in [-0.25, -0.2) is 4.98 Å². The second kappa shape index (κ2) is 4.95. The molecule has 1 N–H and O–H groups in total. The van der Waals surface area contributed by atoms with Gasteiger partial charge in [0, 0.05) is 10.8 Å². The van der Waals surface area contributed by atoms with Crippen LogP contribution in [0.4, 0.5) is 0 Å². The summed E-state index contributed by atoms with van der Waals surface area (Å²) in [5.74, 6) is -0.749. The molecule has 0 saturated carbocycles. The van der Waals surface area contributed by atoms with E-state index in [0.29, 0.717) is 5.92 Å². The summed E-state index contributed by atoms with van der Waals surface area (Å²) >= 11 is 1.74. The Bertz CT molecular complexity index is 707. The molecule has 2 atom stereocenters. The Balaban J connectivity index is 1.74. The van der Waals surface area contributed by atoms with Gasteiger partial charge in [0.05, 0.1) is 11.6 Å². The quantitative estimate of drug-likeness (QED) is 0.919. The summed E-state index contributed by atoms with van der Waals surface area (Å²) in [4.78, 5) is 17.4. The van der Waals surface area contributed by atoms with Crippen LogP contribution in [0, 0.1) is 0 Å². The summed E-state index contributed by atoms with van der Waals surface area (Å²) in [7, 11) is 0. The van der Waals surface area contributed by atoms with Gasteiger partial charge in [-0.3, -0.25) is 4.79 Å². The first-order valence-electron chi connectivity index (χ1n) is 7.54. The van der Waals surface area contributed by atoms with Crippen LogP contribution in [-0.2, 0) is 17.6 Å². The van der Waals surface area contributed by atoms with E-state index in [-0.39, 0.29) is 0 Å². The van der Waals surface area contributed by atoms with E-state index in [9.17, 15) is 9.90 Å². The van der Waals surface area contributed by atoms with Crippen molar-refractivity contribution >= 4 is 17.3 Å². The third-order valence-corrected chi connectivity index (χ3v) is 5.94. The molecule has 1 aromatic carbocycles. The number of aromatic nitrogens is 1. The van der Waals surface area contributed by atoms with Gasteiger partial charge >= 0.3 is 5.97 Å². The number of hydrogen-bond acceptors (Lipinski definition) is 3. The minimum absolute atomic E-state index is 0.367. The number of carboxylic acids is 1. The molecule has 2 aliphatic carbocycles. The van der Waals surface area contributed by atoms with Crippen LogP contribution >= 0.6 is 11.3 Å². The summed E-state index contributed by atoms with van der Waals surface area (Å²) in [6.07, 6.45) is 4.89. The molecule has 4 heteroatoms. The van der Waals surface area contributed by atoms with Gasteiger partial charge in [-0.2, -0.15) is 0 Å². The number of rotatable bonds is 2. The summed E-state index contributed by atoms with van der Waals surface area (Å²) in [5.41, 5.74) is 3.65. The first-order chi connectivity index (χ1) is 10.2. The van der Waals surface area contributed by atoms with E-state index in [4.69, 9.17) is 4.98 Å². The van der Waals surface area contributed by atoms with Crippen LogP contribution < -0.4 is 0 Å². The van der Waals surface area contributed by atoms with E-state index in [1.165, 1.54) is 16.0 Å². The van der Waals surface area contributed by atoms with E-state index in [2.05, 4.69) is 24.3 Å². The molecule has 4 rings (SSSR count). The van der Waals surface area contributed by atoms with E-state index in [1.54, 1.807) is 11.3 Å². The van der Waals surface area contributed by atoms with Gasteiger partial charge in [-0.05, 0) is 43.2 Å². The van der Waals surface area contributed by atoms with Crippen molar-refractivity contribution in [3.8, 4) is 0 Å². The normalized spacial score (nSPS) is 23.6. The lowest BCUT2D eigenvalue weighted by Crippen LogP contribution is -2.17. The van der Waals surface area contributed by atoms with Gasteiger partial charge in [-0.1, -0.05) is 24.3 Å². The number of nitrogens with zero attached hydrogens (tertiary/aromatic N) is 1. The molecule has 21 heavy (non-hydrogen) atoms.